The van der Waals surface area contributed by atoms with E-state index in [2.05, 4.69) is 11.8 Å². The number of carbonyl (C=O) groups excluding carboxylic acids is 1. The van der Waals surface area contributed by atoms with E-state index in [1.165, 1.54) is 0 Å². The lowest BCUT2D eigenvalue weighted by Gasteiger charge is -2.02. The Morgan fingerprint density at radius 1 is 1.44 bits per heavy atom. The molecule has 2 heteroatoms. The molecule has 0 saturated carbocycles. The number of rotatable bonds is 4. The predicted molar refractivity (Wildman–Crippen MR) is 63.9 cm³/mol. The lowest BCUT2D eigenvalue weighted by atomic mass is 10.1. The highest BCUT2D eigenvalue weighted by Crippen LogP contribution is 2.07. The van der Waals surface area contributed by atoms with Gasteiger partial charge in [0.25, 0.3) is 0 Å². The molecule has 0 N–H and O–H groups in total. The summed E-state index contributed by atoms with van der Waals surface area (Å²) in [5, 5.41) is 0. The summed E-state index contributed by atoms with van der Waals surface area (Å²) in [6, 6.07) is 7.93. The van der Waals surface area contributed by atoms with E-state index in [0.29, 0.717) is 19.4 Å². The molecule has 16 heavy (non-hydrogen) atoms. The molecule has 1 rings (SSSR count). The van der Waals surface area contributed by atoms with Gasteiger partial charge >= 0.3 is 5.97 Å². The van der Waals surface area contributed by atoms with Gasteiger partial charge in [-0.1, -0.05) is 18.1 Å². The van der Waals surface area contributed by atoms with Crippen LogP contribution in [-0.2, 0) is 16.0 Å². The van der Waals surface area contributed by atoms with Crippen molar-refractivity contribution in [1.82, 2.24) is 0 Å². The fourth-order valence-corrected chi connectivity index (χ4v) is 1.43. The molecule has 0 fully saturated rings. The number of carbonyl (C=O) groups is 1. The van der Waals surface area contributed by atoms with Gasteiger partial charge in [0.15, 0.2) is 0 Å². The average molecular weight is 216 g/mol. The average Bonchev–Trinajstić information content (AvgIpc) is 2.28. The monoisotopic (exact) mass is 216 g/mol. The zero-order valence-electron chi connectivity index (χ0n) is 9.75. The summed E-state index contributed by atoms with van der Waals surface area (Å²) >= 11 is 0. The quantitative estimate of drug-likeness (QED) is 0.571. The van der Waals surface area contributed by atoms with Crippen LogP contribution in [0, 0.1) is 11.8 Å². The second kappa shape index (κ2) is 6.68. The highest BCUT2D eigenvalue weighted by atomic mass is 16.5. The maximum absolute atomic E-state index is 11.2. The van der Waals surface area contributed by atoms with Crippen LogP contribution in [0.25, 0.3) is 0 Å². The Bertz CT molecular complexity index is 410. The second-order valence-corrected chi connectivity index (χ2v) is 3.38. The first-order chi connectivity index (χ1) is 7.76. The van der Waals surface area contributed by atoms with Crippen molar-refractivity contribution in [2.45, 2.75) is 26.7 Å². The van der Waals surface area contributed by atoms with Crippen molar-refractivity contribution in [3.05, 3.63) is 35.4 Å². The van der Waals surface area contributed by atoms with E-state index < -0.39 is 0 Å². The minimum Gasteiger partial charge on any atom is -0.466 e. The van der Waals surface area contributed by atoms with E-state index in [1.54, 1.807) is 0 Å². The summed E-state index contributed by atoms with van der Waals surface area (Å²) in [4.78, 5) is 11.2. The third-order valence-electron chi connectivity index (χ3n) is 2.12. The van der Waals surface area contributed by atoms with Gasteiger partial charge in [0.1, 0.15) is 0 Å². The van der Waals surface area contributed by atoms with Crippen molar-refractivity contribution in [3.8, 4) is 11.8 Å². The minimum absolute atomic E-state index is 0.144. The molecule has 0 atom stereocenters. The second-order valence-electron chi connectivity index (χ2n) is 3.38. The fraction of sp³-hybridized carbons (Fsp3) is 0.357. The van der Waals surface area contributed by atoms with Gasteiger partial charge in [0.05, 0.1) is 6.61 Å². The molecule has 1 aromatic carbocycles. The van der Waals surface area contributed by atoms with Crippen molar-refractivity contribution >= 4 is 5.97 Å². The van der Waals surface area contributed by atoms with Crippen molar-refractivity contribution in [1.29, 1.82) is 0 Å². The molecule has 0 spiro atoms. The number of aryl methyl sites for hydroxylation is 1. The van der Waals surface area contributed by atoms with Crippen LogP contribution in [0.5, 0.6) is 0 Å². The molecular formula is C14H16O2. The number of hydrogen-bond donors (Lipinski definition) is 0. The molecule has 0 unspecified atom stereocenters. The summed E-state index contributed by atoms with van der Waals surface area (Å²) in [5.74, 6) is 5.71. The normalized spacial score (nSPS) is 9.12. The third kappa shape index (κ3) is 4.18. The Labute approximate surface area is 96.6 Å². The third-order valence-corrected chi connectivity index (χ3v) is 2.12. The van der Waals surface area contributed by atoms with Gasteiger partial charge in [-0.05, 0) is 38.0 Å². The van der Waals surface area contributed by atoms with Crippen molar-refractivity contribution in [2.24, 2.45) is 0 Å². The number of hydrogen-bond acceptors (Lipinski definition) is 2. The van der Waals surface area contributed by atoms with Crippen LogP contribution >= 0.6 is 0 Å². The molecular weight excluding hydrogens is 200 g/mol. The van der Waals surface area contributed by atoms with E-state index >= 15 is 0 Å². The maximum Gasteiger partial charge on any atom is 0.306 e. The molecule has 0 saturated heterocycles. The smallest absolute Gasteiger partial charge is 0.306 e. The summed E-state index contributed by atoms with van der Waals surface area (Å²) in [7, 11) is 0. The highest BCUT2D eigenvalue weighted by Gasteiger charge is 2.02. The van der Waals surface area contributed by atoms with Gasteiger partial charge < -0.3 is 4.74 Å². The van der Waals surface area contributed by atoms with Gasteiger partial charge in [-0.15, -0.1) is 5.92 Å². The van der Waals surface area contributed by atoms with Crippen molar-refractivity contribution in [2.75, 3.05) is 6.61 Å². The molecule has 1 aromatic rings. The first-order valence-corrected chi connectivity index (χ1v) is 5.43. The Balaban J connectivity index is 2.56. The predicted octanol–water partition coefficient (Wildman–Crippen LogP) is 2.55. The lowest BCUT2D eigenvalue weighted by Crippen LogP contribution is -2.05. The Morgan fingerprint density at radius 2 is 2.25 bits per heavy atom. The van der Waals surface area contributed by atoms with E-state index in [-0.39, 0.29) is 5.97 Å². The van der Waals surface area contributed by atoms with Crippen LogP contribution < -0.4 is 0 Å². The largest absolute Gasteiger partial charge is 0.466 e. The minimum atomic E-state index is -0.144. The lowest BCUT2D eigenvalue weighted by molar-refractivity contribution is -0.143. The Morgan fingerprint density at radius 3 is 2.94 bits per heavy atom. The highest BCUT2D eigenvalue weighted by molar-refractivity contribution is 5.69. The van der Waals surface area contributed by atoms with Crippen molar-refractivity contribution < 1.29 is 9.53 Å². The van der Waals surface area contributed by atoms with Gasteiger partial charge in [0.2, 0.25) is 0 Å². The number of benzene rings is 1. The summed E-state index contributed by atoms with van der Waals surface area (Å²) in [5.41, 5.74) is 2.11. The van der Waals surface area contributed by atoms with E-state index in [4.69, 9.17) is 4.74 Å². The summed E-state index contributed by atoms with van der Waals surface area (Å²) in [6.45, 7) is 4.07. The zero-order chi connectivity index (χ0) is 11.8. The fourth-order valence-electron chi connectivity index (χ4n) is 1.43. The van der Waals surface area contributed by atoms with Gasteiger partial charge in [-0.3, -0.25) is 4.79 Å². The van der Waals surface area contributed by atoms with Crippen LogP contribution in [0.15, 0.2) is 24.3 Å². The Hall–Kier alpha value is -1.75. The SMILES string of the molecule is CC#Cc1cccc(CCC(=O)OCC)c1. The molecule has 0 heterocycles. The summed E-state index contributed by atoms with van der Waals surface area (Å²) in [6.07, 6.45) is 1.13. The molecule has 0 aromatic heterocycles. The molecule has 0 aliphatic rings. The molecule has 84 valence electrons. The number of esters is 1. The van der Waals surface area contributed by atoms with E-state index in [1.807, 2.05) is 38.1 Å². The molecule has 0 aliphatic carbocycles. The molecule has 0 radical (unpaired) electrons. The van der Waals surface area contributed by atoms with Gasteiger partial charge in [-0.2, -0.15) is 0 Å². The molecule has 2 nitrogen and oxygen atoms in total. The first-order valence-electron chi connectivity index (χ1n) is 5.43. The molecule has 0 amide bonds. The van der Waals surface area contributed by atoms with Crippen molar-refractivity contribution in [3.63, 3.8) is 0 Å². The topological polar surface area (TPSA) is 26.3 Å². The number of ether oxygens (including phenoxy) is 1. The standard InChI is InChI=1S/C14H16O2/c1-3-6-12-7-5-8-13(11-12)9-10-14(15)16-4-2/h5,7-8,11H,4,9-10H2,1-2H3. The summed E-state index contributed by atoms with van der Waals surface area (Å²) < 4.78 is 4.87. The van der Waals surface area contributed by atoms with Crippen LogP contribution in [-0.4, -0.2) is 12.6 Å². The zero-order valence-corrected chi connectivity index (χ0v) is 9.75. The van der Waals surface area contributed by atoms with Gasteiger partial charge in [-0.25, -0.2) is 0 Å². The Kier molecular flexibility index (Phi) is 5.15. The van der Waals surface area contributed by atoms with Crippen LogP contribution in [0.1, 0.15) is 31.4 Å². The molecule has 0 bridgehead atoms. The van der Waals surface area contributed by atoms with E-state index in [0.717, 1.165) is 11.1 Å². The van der Waals surface area contributed by atoms with Crippen LogP contribution in [0.2, 0.25) is 0 Å². The van der Waals surface area contributed by atoms with Crippen LogP contribution in [0.4, 0.5) is 0 Å². The maximum atomic E-state index is 11.2. The first kappa shape index (κ1) is 12.3. The van der Waals surface area contributed by atoms with Crippen LogP contribution in [0.3, 0.4) is 0 Å². The van der Waals surface area contributed by atoms with Gasteiger partial charge in [0, 0.05) is 12.0 Å². The van der Waals surface area contributed by atoms with E-state index in [9.17, 15) is 4.79 Å². The molecule has 0 aliphatic heterocycles.